The zero-order valence-corrected chi connectivity index (χ0v) is 6.72. The van der Waals surface area contributed by atoms with Crippen LogP contribution in [0.3, 0.4) is 0 Å². The fraction of sp³-hybridized carbons (Fsp3) is 0.750. The molecule has 0 aliphatic carbocycles. The van der Waals surface area contributed by atoms with E-state index in [0.717, 1.165) is 0 Å². The Bertz CT molecular complexity index is 89.3. The zero-order valence-electron chi connectivity index (χ0n) is 4.72. The zero-order chi connectivity index (χ0) is 5.28. The SMILES string of the molecule is O=C([O-])C[C@@H]1CO1.[Na+]. The molecule has 0 amide bonds. The fourth-order valence-corrected chi connectivity index (χ4v) is 0.372. The van der Waals surface area contributed by atoms with Crippen LogP contribution >= 0.6 is 0 Å². The van der Waals surface area contributed by atoms with Gasteiger partial charge in [0, 0.05) is 12.4 Å². The number of carboxylic acids is 1. The summed E-state index contributed by atoms with van der Waals surface area (Å²) < 4.78 is 4.60. The van der Waals surface area contributed by atoms with Gasteiger partial charge in [0.2, 0.25) is 0 Å². The molecule has 1 heterocycles. The van der Waals surface area contributed by atoms with Crippen molar-refractivity contribution in [2.24, 2.45) is 0 Å². The molecule has 0 aromatic rings. The Balaban J connectivity index is 0.000000490. The van der Waals surface area contributed by atoms with Crippen molar-refractivity contribution in [2.75, 3.05) is 6.61 Å². The number of carbonyl (C=O) groups is 1. The summed E-state index contributed by atoms with van der Waals surface area (Å²) in [5.74, 6) is -1.03. The Morgan fingerprint density at radius 3 is 2.50 bits per heavy atom. The van der Waals surface area contributed by atoms with Crippen LogP contribution in [-0.4, -0.2) is 18.7 Å². The maximum atomic E-state index is 9.66. The van der Waals surface area contributed by atoms with Gasteiger partial charge >= 0.3 is 29.6 Å². The van der Waals surface area contributed by atoms with Crippen LogP contribution in [0, 0.1) is 0 Å². The Hall–Kier alpha value is 0.430. The molecule has 0 saturated carbocycles. The number of hydrogen-bond donors (Lipinski definition) is 0. The van der Waals surface area contributed by atoms with Crippen molar-refractivity contribution in [3.63, 3.8) is 0 Å². The van der Waals surface area contributed by atoms with Crippen molar-refractivity contribution >= 4 is 5.97 Å². The molecule has 1 fully saturated rings. The van der Waals surface area contributed by atoms with E-state index in [4.69, 9.17) is 0 Å². The molecule has 0 spiro atoms. The number of carbonyl (C=O) groups excluding carboxylic acids is 1. The van der Waals surface area contributed by atoms with Gasteiger partial charge in [0.25, 0.3) is 0 Å². The third-order valence-corrected chi connectivity index (χ3v) is 0.797. The Morgan fingerprint density at radius 1 is 1.88 bits per heavy atom. The quantitative estimate of drug-likeness (QED) is 0.275. The maximum Gasteiger partial charge on any atom is 1.00 e. The van der Waals surface area contributed by atoms with E-state index in [9.17, 15) is 9.90 Å². The van der Waals surface area contributed by atoms with Crippen LogP contribution in [0.4, 0.5) is 0 Å². The van der Waals surface area contributed by atoms with Gasteiger partial charge in [-0.25, -0.2) is 0 Å². The normalized spacial score (nSPS) is 23.8. The first-order chi connectivity index (χ1) is 3.29. The molecule has 40 valence electrons. The minimum atomic E-state index is -1.03. The molecule has 1 aliphatic rings. The van der Waals surface area contributed by atoms with Gasteiger partial charge in [0.05, 0.1) is 12.7 Å². The molecular formula is C4H5NaO3. The van der Waals surface area contributed by atoms with Crippen molar-refractivity contribution in [1.29, 1.82) is 0 Å². The summed E-state index contributed by atoms with van der Waals surface area (Å²) in [5.41, 5.74) is 0. The van der Waals surface area contributed by atoms with Crippen molar-refractivity contribution in [1.82, 2.24) is 0 Å². The molecule has 0 unspecified atom stereocenters. The average molecular weight is 124 g/mol. The van der Waals surface area contributed by atoms with E-state index in [1.807, 2.05) is 0 Å². The van der Waals surface area contributed by atoms with E-state index in [1.54, 1.807) is 0 Å². The summed E-state index contributed by atoms with van der Waals surface area (Å²) in [4.78, 5) is 9.66. The number of ether oxygens (including phenoxy) is 1. The van der Waals surface area contributed by atoms with Gasteiger partial charge in [0.15, 0.2) is 0 Å². The van der Waals surface area contributed by atoms with E-state index in [2.05, 4.69) is 4.74 Å². The molecule has 0 N–H and O–H groups in total. The van der Waals surface area contributed by atoms with Crippen LogP contribution in [0.5, 0.6) is 0 Å². The van der Waals surface area contributed by atoms with Crippen LogP contribution in [0.15, 0.2) is 0 Å². The van der Waals surface area contributed by atoms with E-state index in [1.165, 1.54) is 0 Å². The van der Waals surface area contributed by atoms with Gasteiger partial charge < -0.3 is 14.6 Å². The second kappa shape index (κ2) is 3.45. The molecule has 1 aliphatic heterocycles. The van der Waals surface area contributed by atoms with Crippen molar-refractivity contribution < 1.29 is 44.2 Å². The smallest absolute Gasteiger partial charge is 0.550 e. The third kappa shape index (κ3) is 3.43. The Labute approximate surface area is 69.3 Å². The van der Waals surface area contributed by atoms with Crippen molar-refractivity contribution in [2.45, 2.75) is 12.5 Å². The van der Waals surface area contributed by atoms with Gasteiger partial charge in [-0.1, -0.05) is 0 Å². The number of aliphatic carboxylic acids is 1. The van der Waals surface area contributed by atoms with Gasteiger partial charge in [0.1, 0.15) is 0 Å². The largest absolute Gasteiger partial charge is 1.00 e. The summed E-state index contributed by atoms with van der Waals surface area (Å²) in [6.45, 7) is 0.591. The second-order valence-electron chi connectivity index (χ2n) is 1.53. The molecule has 0 aromatic carbocycles. The molecule has 0 aromatic heterocycles. The van der Waals surface area contributed by atoms with Crippen molar-refractivity contribution in [3.8, 4) is 0 Å². The molecular weight excluding hydrogens is 119 g/mol. The molecule has 3 nitrogen and oxygen atoms in total. The van der Waals surface area contributed by atoms with Crippen LogP contribution in [0.2, 0.25) is 0 Å². The Kier molecular flexibility index (Phi) is 3.64. The summed E-state index contributed by atoms with van der Waals surface area (Å²) in [6, 6.07) is 0. The van der Waals surface area contributed by atoms with Gasteiger partial charge in [-0.15, -0.1) is 0 Å². The monoisotopic (exact) mass is 124 g/mol. The maximum absolute atomic E-state index is 9.66. The number of epoxide rings is 1. The first kappa shape index (κ1) is 8.43. The fourth-order valence-electron chi connectivity index (χ4n) is 0.372. The molecule has 1 saturated heterocycles. The van der Waals surface area contributed by atoms with Gasteiger partial charge in [-0.05, 0) is 0 Å². The summed E-state index contributed by atoms with van der Waals surface area (Å²) >= 11 is 0. The van der Waals surface area contributed by atoms with E-state index < -0.39 is 5.97 Å². The topological polar surface area (TPSA) is 52.7 Å². The van der Waals surface area contributed by atoms with Crippen LogP contribution < -0.4 is 34.7 Å². The molecule has 8 heavy (non-hydrogen) atoms. The van der Waals surface area contributed by atoms with Crippen LogP contribution in [0.1, 0.15) is 6.42 Å². The summed E-state index contributed by atoms with van der Waals surface area (Å²) in [5, 5.41) is 9.66. The standard InChI is InChI=1S/C4H6O3.Na/c5-4(6)1-3-2-7-3;/h3H,1-2H2,(H,5,6);/q;+1/p-1/t3-;/m1./s1. The van der Waals surface area contributed by atoms with E-state index in [-0.39, 0.29) is 42.1 Å². The predicted molar refractivity (Wildman–Crippen MR) is 19.4 cm³/mol. The number of carboxylic acid groups (broad SMARTS) is 1. The van der Waals surface area contributed by atoms with Gasteiger partial charge in [-0.3, -0.25) is 0 Å². The first-order valence-corrected chi connectivity index (χ1v) is 2.10. The van der Waals surface area contributed by atoms with Crippen molar-refractivity contribution in [3.05, 3.63) is 0 Å². The van der Waals surface area contributed by atoms with Crippen LogP contribution in [0.25, 0.3) is 0 Å². The van der Waals surface area contributed by atoms with E-state index >= 15 is 0 Å². The second-order valence-corrected chi connectivity index (χ2v) is 1.53. The minimum Gasteiger partial charge on any atom is -0.550 e. The number of hydrogen-bond acceptors (Lipinski definition) is 3. The molecule has 1 rings (SSSR count). The first-order valence-electron chi connectivity index (χ1n) is 2.10. The summed E-state index contributed by atoms with van der Waals surface area (Å²) in [7, 11) is 0. The van der Waals surface area contributed by atoms with Gasteiger partial charge in [-0.2, -0.15) is 0 Å². The summed E-state index contributed by atoms with van der Waals surface area (Å²) in [6.07, 6.45) is 0.0185. The minimum absolute atomic E-state index is 0. The van der Waals surface area contributed by atoms with E-state index in [0.29, 0.717) is 6.61 Å². The third-order valence-electron chi connectivity index (χ3n) is 0.797. The predicted octanol–water partition coefficient (Wildman–Crippen LogP) is -4.47. The molecule has 1 atom stereocenters. The molecule has 0 bridgehead atoms. The molecule has 4 heteroatoms. The average Bonchev–Trinajstić information content (AvgIpc) is 2.17. The molecule has 0 radical (unpaired) electrons. The Morgan fingerprint density at radius 2 is 2.38 bits per heavy atom. The number of rotatable bonds is 2. The van der Waals surface area contributed by atoms with Crippen LogP contribution in [-0.2, 0) is 9.53 Å².